The van der Waals surface area contributed by atoms with Gasteiger partial charge in [-0.1, -0.05) is 6.08 Å². The van der Waals surface area contributed by atoms with E-state index in [1.54, 1.807) is 13.1 Å². The lowest BCUT2D eigenvalue weighted by atomic mass is 10.3. The van der Waals surface area contributed by atoms with Crippen LogP contribution in [0.5, 0.6) is 0 Å². The first kappa shape index (κ1) is 9.88. The Bertz CT molecular complexity index is 175. The third-order valence-electron chi connectivity index (χ3n) is 1.23. The molecule has 0 spiro atoms. The molecule has 0 radical (unpaired) electrons. The highest BCUT2D eigenvalue weighted by Gasteiger charge is 2.08. The second-order valence-electron chi connectivity index (χ2n) is 2.44. The summed E-state index contributed by atoms with van der Waals surface area (Å²) in [5.74, 6) is -0.261. The normalized spacial score (nSPS) is 8.91. The molecule has 0 rings (SSSR count). The van der Waals surface area contributed by atoms with Crippen molar-refractivity contribution in [3.05, 3.63) is 12.7 Å². The number of hydrogen-bond donors (Lipinski definition) is 0. The molecule has 0 heterocycles. The third-order valence-corrected chi connectivity index (χ3v) is 1.23. The van der Waals surface area contributed by atoms with Crippen molar-refractivity contribution in [3.63, 3.8) is 0 Å². The lowest BCUT2D eigenvalue weighted by molar-refractivity contribution is -0.133. The molecule has 0 atom stereocenters. The number of nitrogens with zero attached hydrogens (tertiary/aromatic N) is 1. The van der Waals surface area contributed by atoms with Crippen LogP contribution in [0.25, 0.3) is 0 Å². The van der Waals surface area contributed by atoms with Gasteiger partial charge in [-0.3, -0.25) is 9.59 Å². The molecule has 0 saturated carbocycles. The number of hydrogen-bond acceptors (Lipinski definition) is 2. The summed E-state index contributed by atoms with van der Waals surface area (Å²) >= 11 is 0. The summed E-state index contributed by atoms with van der Waals surface area (Å²) in [4.78, 5) is 23.0. The molecule has 3 heteroatoms. The van der Waals surface area contributed by atoms with E-state index in [1.807, 2.05) is 0 Å². The summed E-state index contributed by atoms with van der Waals surface area (Å²) in [5, 5.41) is 0. The molecule has 0 fully saturated rings. The van der Waals surface area contributed by atoms with Crippen molar-refractivity contribution in [2.75, 3.05) is 13.6 Å². The van der Waals surface area contributed by atoms with Crippen molar-refractivity contribution in [1.29, 1.82) is 0 Å². The van der Waals surface area contributed by atoms with Gasteiger partial charge in [0.05, 0.1) is 6.42 Å². The van der Waals surface area contributed by atoms with E-state index in [9.17, 15) is 9.59 Å². The molecular formula is C8H13NO2. The molecular weight excluding hydrogens is 142 g/mol. The molecule has 0 aliphatic carbocycles. The maximum absolute atomic E-state index is 11.0. The molecule has 62 valence electrons. The second-order valence-corrected chi connectivity index (χ2v) is 2.44. The van der Waals surface area contributed by atoms with Crippen molar-refractivity contribution >= 4 is 11.7 Å². The highest BCUT2D eigenvalue weighted by molar-refractivity contribution is 5.96. The minimum atomic E-state index is -0.155. The molecule has 0 saturated heterocycles. The first-order valence-electron chi connectivity index (χ1n) is 3.42. The number of rotatable bonds is 4. The van der Waals surface area contributed by atoms with Crippen LogP contribution in [0.15, 0.2) is 12.7 Å². The van der Waals surface area contributed by atoms with Crippen molar-refractivity contribution in [2.45, 2.75) is 13.3 Å². The van der Waals surface area contributed by atoms with Gasteiger partial charge < -0.3 is 4.90 Å². The SMILES string of the molecule is C=CCN(C)C(=O)CC(C)=O. The number of likely N-dealkylation sites (N-methyl/N-ethyl adjacent to an activating group) is 1. The fourth-order valence-corrected chi connectivity index (χ4v) is 0.643. The van der Waals surface area contributed by atoms with Gasteiger partial charge in [-0.15, -0.1) is 6.58 Å². The Hall–Kier alpha value is -1.12. The number of carbonyl (C=O) groups excluding carboxylic acids is 2. The van der Waals surface area contributed by atoms with Gasteiger partial charge in [0, 0.05) is 13.6 Å². The maximum Gasteiger partial charge on any atom is 0.230 e. The predicted octanol–water partition coefficient (Wildman–Crippen LogP) is 0.610. The Morgan fingerprint density at radius 1 is 1.55 bits per heavy atom. The Morgan fingerprint density at radius 2 is 2.09 bits per heavy atom. The predicted molar refractivity (Wildman–Crippen MR) is 43.1 cm³/mol. The molecule has 1 amide bonds. The number of Topliss-reactive ketones (excluding diaryl/α,β-unsaturated/α-hetero) is 1. The van der Waals surface area contributed by atoms with E-state index in [1.165, 1.54) is 11.8 Å². The van der Waals surface area contributed by atoms with E-state index in [2.05, 4.69) is 6.58 Å². The lowest BCUT2D eigenvalue weighted by Crippen LogP contribution is -2.27. The Kier molecular flexibility index (Phi) is 4.18. The summed E-state index contributed by atoms with van der Waals surface area (Å²) in [6, 6.07) is 0. The van der Waals surface area contributed by atoms with E-state index in [0.29, 0.717) is 6.54 Å². The summed E-state index contributed by atoms with van der Waals surface area (Å²) < 4.78 is 0. The Labute approximate surface area is 66.7 Å². The van der Waals surface area contributed by atoms with Gasteiger partial charge >= 0.3 is 0 Å². The maximum atomic E-state index is 11.0. The van der Waals surface area contributed by atoms with Crippen LogP contribution in [0.4, 0.5) is 0 Å². The van der Waals surface area contributed by atoms with Gasteiger partial charge in [-0.05, 0) is 6.92 Å². The van der Waals surface area contributed by atoms with Crippen molar-refractivity contribution in [3.8, 4) is 0 Å². The minimum Gasteiger partial charge on any atom is -0.342 e. The number of carbonyl (C=O) groups is 2. The summed E-state index contributed by atoms with van der Waals surface area (Å²) in [5.41, 5.74) is 0. The van der Waals surface area contributed by atoms with Crippen LogP contribution in [0.1, 0.15) is 13.3 Å². The van der Waals surface area contributed by atoms with Gasteiger partial charge in [0.15, 0.2) is 0 Å². The monoisotopic (exact) mass is 155 g/mol. The average Bonchev–Trinajstić information content (AvgIpc) is 1.86. The fraction of sp³-hybridized carbons (Fsp3) is 0.500. The van der Waals surface area contributed by atoms with Crippen LogP contribution in [0, 0.1) is 0 Å². The second kappa shape index (κ2) is 4.66. The van der Waals surface area contributed by atoms with E-state index in [-0.39, 0.29) is 18.1 Å². The standard InChI is InChI=1S/C8H13NO2/c1-4-5-9(3)8(11)6-7(2)10/h4H,1,5-6H2,2-3H3. The summed E-state index contributed by atoms with van der Waals surface area (Å²) in [6.07, 6.45) is 1.61. The largest absolute Gasteiger partial charge is 0.342 e. The van der Waals surface area contributed by atoms with Gasteiger partial charge in [0.25, 0.3) is 0 Å². The number of ketones is 1. The first-order chi connectivity index (χ1) is 5.07. The number of amides is 1. The highest BCUT2D eigenvalue weighted by Crippen LogP contribution is 1.91. The quantitative estimate of drug-likeness (QED) is 0.440. The summed E-state index contributed by atoms with van der Waals surface area (Å²) in [7, 11) is 1.65. The minimum absolute atomic E-state index is 0.00958. The average molecular weight is 155 g/mol. The van der Waals surface area contributed by atoms with Crippen LogP contribution in [-0.2, 0) is 9.59 Å². The van der Waals surface area contributed by atoms with Crippen LogP contribution in [-0.4, -0.2) is 30.2 Å². The van der Waals surface area contributed by atoms with Gasteiger partial charge in [0.1, 0.15) is 5.78 Å². The molecule has 0 N–H and O–H groups in total. The van der Waals surface area contributed by atoms with E-state index < -0.39 is 0 Å². The Balaban J connectivity index is 3.82. The van der Waals surface area contributed by atoms with Crippen molar-refractivity contribution < 1.29 is 9.59 Å². The van der Waals surface area contributed by atoms with Gasteiger partial charge in [-0.25, -0.2) is 0 Å². The van der Waals surface area contributed by atoms with E-state index in [4.69, 9.17) is 0 Å². The molecule has 0 unspecified atom stereocenters. The smallest absolute Gasteiger partial charge is 0.230 e. The molecule has 0 aliphatic rings. The van der Waals surface area contributed by atoms with Crippen LogP contribution in [0.2, 0.25) is 0 Å². The topological polar surface area (TPSA) is 37.4 Å². The molecule has 0 aromatic carbocycles. The van der Waals surface area contributed by atoms with Gasteiger partial charge in [-0.2, -0.15) is 0 Å². The molecule has 0 aromatic rings. The lowest BCUT2D eigenvalue weighted by Gasteiger charge is -2.12. The molecule has 0 aliphatic heterocycles. The first-order valence-corrected chi connectivity index (χ1v) is 3.42. The molecule has 11 heavy (non-hydrogen) atoms. The van der Waals surface area contributed by atoms with Crippen LogP contribution in [0.3, 0.4) is 0 Å². The summed E-state index contributed by atoms with van der Waals surface area (Å²) in [6.45, 7) is 5.38. The fourth-order valence-electron chi connectivity index (χ4n) is 0.643. The highest BCUT2D eigenvalue weighted by atomic mass is 16.2. The third kappa shape index (κ3) is 4.31. The molecule has 0 aromatic heterocycles. The molecule has 0 bridgehead atoms. The van der Waals surface area contributed by atoms with Crippen LogP contribution < -0.4 is 0 Å². The zero-order valence-corrected chi connectivity index (χ0v) is 6.96. The zero-order valence-electron chi connectivity index (χ0n) is 6.96. The van der Waals surface area contributed by atoms with Crippen LogP contribution >= 0.6 is 0 Å². The van der Waals surface area contributed by atoms with Gasteiger partial charge in [0.2, 0.25) is 5.91 Å². The molecule has 3 nitrogen and oxygen atoms in total. The van der Waals surface area contributed by atoms with E-state index in [0.717, 1.165) is 0 Å². The Morgan fingerprint density at radius 3 is 2.45 bits per heavy atom. The van der Waals surface area contributed by atoms with E-state index >= 15 is 0 Å². The zero-order chi connectivity index (χ0) is 8.85. The van der Waals surface area contributed by atoms with Crippen molar-refractivity contribution in [1.82, 2.24) is 4.90 Å². The van der Waals surface area contributed by atoms with Crippen molar-refractivity contribution in [2.24, 2.45) is 0 Å².